The minimum Gasteiger partial charge on any atom is -0.444 e. The minimum absolute atomic E-state index is 0.211. The quantitative estimate of drug-likeness (QED) is 0.730. The lowest BCUT2D eigenvalue weighted by Gasteiger charge is -2.08. The van der Waals surface area contributed by atoms with Crippen LogP contribution in [0.3, 0.4) is 0 Å². The van der Waals surface area contributed by atoms with Crippen LogP contribution in [0.15, 0.2) is 51.6 Å². The van der Waals surface area contributed by atoms with Crippen molar-refractivity contribution in [3.8, 4) is 5.69 Å². The molecule has 22 heavy (non-hydrogen) atoms. The van der Waals surface area contributed by atoms with Gasteiger partial charge in [-0.1, -0.05) is 17.7 Å². The Morgan fingerprint density at radius 2 is 2.14 bits per heavy atom. The molecule has 1 N–H and O–H groups in total. The smallest absolute Gasteiger partial charge is 0.292 e. The Morgan fingerprint density at radius 1 is 1.32 bits per heavy atom. The molecule has 0 saturated carbocycles. The molecule has 0 saturated heterocycles. The number of amides is 1. The van der Waals surface area contributed by atoms with Crippen LogP contribution in [0, 0.1) is 6.92 Å². The Hall–Kier alpha value is -2.05. The molecule has 2 aromatic heterocycles. The van der Waals surface area contributed by atoms with E-state index >= 15 is 0 Å². The molecule has 3 rings (SSSR count). The average molecular weight is 381 g/mol. The molecule has 0 aliphatic carbocycles. The highest BCUT2D eigenvalue weighted by molar-refractivity contribution is 9.10. The summed E-state index contributed by atoms with van der Waals surface area (Å²) in [5.41, 5.74) is 1.53. The summed E-state index contributed by atoms with van der Waals surface area (Å²) in [4.78, 5) is 12.2. The molecule has 1 aromatic carbocycles. The number of halogens is 2. The number of furan rings is 1. The van der Waals surface area contributed by atoms with Gasteiger partial charge in [-0.25, -0.2) is 4.68 Å². The Balaban J connectivity index is 1.93. The SMILES string of the molecule is Cc1cc(NC(=O)c2ccc(Br)o2)n(-c2cccc(Cl)c2)n1. The fourth-order valence-electron chi connectivity index (χ4n) is 2.01. The van der Waals surface area contributed by atoms with E-state index in [0.29, 0.717) is 15.5 Å². The number of carbonyl (C=O) groups is 1. The summed E-state index contributed by atoms with van der Waals surface area (Å²) in [5, 5.41) is 7.76. The van der Waals surface area contributed by atoms with Gasteiger partial charge in [-0.15, -0.1) is 0 Å². The van der Waals surface area contributed by atoms with Crippen LogP contribution >= 0.6 is 27.5 Å². The van der Waals surface area contributed by atoms with Crippen molar-refractivity contribution in [1.29, 1.82) is 0 Å². The fourth-order valence-corrected chi connectivity index (χ4v) is 2.50. The van der Waals surface area contributed by atoms with Gasteiger partial charge in [0, 0.05) is 11.1 Å². The van der Waals surface area contributed by atoms with E-state index in [1.807, 2.05) is 19.1 Å². The molecule has 0 bridgehead atoms. The van der Waals surface area contributed by atoms with Gasteiger partial charge in [0.25, 0.3) is 5.91 Å². The average Bonchev–Trinajstić information content (AvgIpc) is 3.05. The van der Waals surface area contributed by atoms with Crippen LogP contribution in [0.2, 0.25) is 5.02 Å². The highest BCUT2D eigenvalue weighted by atomic mass is 79.9. The van der Waals surface area contributed by atoms with E-state index in [4.69, 9.17) is 16.0 Å². The Morgan fingerprint density at radius 3 is 2.82 bits per heavy atom. The summed E-state index contributed by atoms with van der Waals surface area (Å²) in [6.45, 7) is 1.85. The Bertz CT molecular complexity index is 841. The molecule has 0 radical (unpaired) electrons. The second-order valence-corrected chi connectivity index (χ2v) is 5.84. The van der Waals surface area contributed by atoms with Crippen LogP contribution in [-0.4, -0.2) is 15.7 Å². The van der Waals surface area contributed by atoms with Crippen LogP contribution in [0.1, 0.15) is 16.2 Å². The molecule has 0 fully saturated rings. The van der Waals surface area contributed by atoms with Gasteiger partial charge in [-0.2, -0.15) is 5.10 Å². The van der Waals surface area contributed by atoms with Crippen molar-refractivity contribution in [3.63, 3.8) is 0 Å². The number of anilines is 1. The molecule has 2 heterocycles. The maximum atomic E-state index is 12.2. The van der Waals surface area contributed by atoms with Gasteiger partial charge in [0.1, 0.15) is 5.82 Å². The van der Waals surface area contributed by atoms with Crippen molar-refractivity contribution in [3.05, 3.63) is 63.6 Å². The number of nitrogens with one attached hydrogen (secondary N) is 1. The molecule has 0 spiro atoms. The molecule has 7 heteroatoms. The molecule has 112 valence electrons. The van der Waals surface area contributed by atoms with E-state index in [1.54, 1.807) is 35.0 Å². The number of nitrogens with zero attached hydrogens (tertiary/aromatic N) is 2. The van der Waals surface area contributed by atoms with Gasteiger partial charge in [0.15, 0.2) is 10.4 Å². The van der Waals surface area contributed by atoms with Crippen molar-refractivity contribution in [2.24, 2.45) is 0 Å². The second kappa shape index (κ2) is 5.98. The number of hydrogen-bond acceptors (Lipinski definition) is 3. The molecular weight excluding hydrogens is 370 g/mol. The molecule has 5 nitrogen and oxygen atoms in total. The summed E-state index contributed by atoms with van der Waals surface area (Å²) < 4.78 is 7.36. The lowest BCUT2D eigenvalue weighted by atomic mass is 10.3. The fraction of sp³-hybridized carbons (Fsp3) is 0.0667. The van der Waals surface area contributed by atoms with E-state index in [-0.39, 0.29) is 11.7 Å². The maximum absolute atomic E-state index is 12.2. The lowest BCUT2D eigenvalue weighted by Crippen LogP contribution is -2.14. The summed E-state index contributed by atoms with van der Waals surface area (Å²) in [6, 6.07) is 12.3. The molecule has 0 atom stereocenters. The third kappa shape index (κ3) is 3.08. The third-order valence-corrected chi connectivity index (χ3v) is 3.58. The number of aromatic nitrogens is 2. The third-order valence-electron chi connectivity index (χ3n) is 2.92. The zero-order chi connectivity index (χ0) is 15.7. The first-order valence-corrected chi connectivity index (χ1v) is 7.59. The Kier molecular flexibility index (Phi) is 4.04. The van der Waals surface area contributed by atoms with Crippen LogP contribution in [0.4, 0.5) is 5.82 Å². The molecule has 0 unspecified atom stereocenters. The predicted octanol–water partition coefficient (Wildman–Crippen LogP) is 4.44. The summed E-state index contributed by atoms with van der Waals surface area (Å²) in [5.74, 6) is 0.398. The van der Waals surface area contributed by atoms with Crippen LogP contribution < -0.4 is 5.32 Å². The van der Waals surface area contributed by atoms with Gasteiger partial charge in [-0.3, -0.25) is 4.79 Å². The lowest BCUT2D eigenvalue weighted by molar-refractivity contribution is 0.0994. The summed E-state index contributed by atoms with van der Waals surface area (Å²) in [7, 11) is 0. The molecule has 0 aliphatic rings. The highest BCUT2D eigenvalue weighted by Crippen LogP contribution is 2.21. The topological polar surface area (TPSA) is 60.1 Å². The predicted molar refractivity (Wildman–Crippen MR) is 87.7 cm³/mol. The largest absolute Gasteiger partial charge is 0.444 e. The van der Waals surface area contributed by atoms with E-state index < -0.39 is 0 Å². The number of hydrogen-bond donors (Lipinski definition) is 1. The summed E-state index contributed by atoms with van der Waals surface area (Å²) >= 11 is 9.18. The molecule has 0 aliphatic heterocycles. The highest BCUT2D eigenvalue weighted by Gasteiger charge is 2.15. The van der Waals surface area contributed by atoms with Crippen molar-refractivity contribution >= 4 is 39.3 Å². The van der Waals surface area contributed by atoms with E-state index in [0.717, 1.165) is 11.4 Å². The first-order chi connectivity index (χ1) is 10.5. The van der Waals surface area contributed by atoms with Crippen molar-refractivity contribution in [2.75, 3.05) is 5.32 Å². The summed E-state index contributed by atoms with van der Waals surface area (Å²) in [6.07, 6.45) is 0. The van der Waals surface area contributed by atoms with Crippen LogP contribution in [0.5, 0.6) is 0 Å². The number of carbonyl (C=O) groups excluding carboxylic acids is 1. The first kappa shape index (κ1) is 14.9. The monoisotopic (exact) mass is 379 g/mol. The van der Waals surface area contributed by atoms with E-state index in [2.05, 4.69) is 26.3 Å². The zero-order valence-electron chi connectivity index (χ0n) is 11.5. The van der Waals surface area contributed by atoms with Crippen molar-refractivity contribution in [2.45, 2.75) is 6.92 Å². The number of aryl methyl sites for hydroxylation is 1. The first-order valence-electron chi connectivity index (χ1n) is 6.42. The maximum Gasteiger partial charge on any atom is 0.292 e. The van der Waals surface area contributed by atoms with Crippen LogP contribution in [0.25, 0.3) is 5.69 Å². The van der Waals surface area contributed by atoms with Gasteiger partial charge < -0.3 is 9.73 Å². The Labute approximate surface area is 140 Å². The van der Waals surface area contributed by atoms with Gasteiger partial charge >= 0.3 is 0 Å². The standard InChI is InChI=1S/C15H11BrClN3O2/c1-9-7-14(18-15(21)12-5-6-13(16)22-12)20(19-9)11-4-2-3-10(17)8-11/h2-8H,1H3,(H,18,21). The normalized spacial score (nSPS) is 10.7. The minimum atomic E-state index is -0.353. The van der Waals surface area contributed by atoms with Crippen LogP contribution in [-0.2, 0) is 0 Å². The number of rotatable bonds is 3. The van der Waals surface area contributed by atoms with Gasteiger partial charge in [0.2, 0.25) is 0 Å². The van der Waals surface area contributed by atoms with Crippen molar-refractivity contribution in [1.82, 2.24) is 9.78 Å². The molecule has 1 amide bonds. The van der Waals surface area contributed by atoms with Gasteiger partial charge in [0.05, 0.1) is 11.4 Å². The van der Waals surface area contributed by atoms with Crippen molar-refractivity contribution < 1.29 is 9.21 Å². The van der Waals surface area contributed by atoms with Gasteiger partial charge in [-0.05, 0) is 53.2 Å². The molecule has 3 aromatic rings. The molecular formula is C15H11BrClN3O2. The van der Waals surface area contributed by atoms with E-state index in [1.165, 1.54) is 0 Å². The number of benzene rings is 1. The van der Waals surface area contributed by atoms with E-state index in [9.17, 15) is 4.79 Å². The second-order valence-electron chi connectivity index (χ2n) is 4.62. The zero-order valence-corrected chi connectivity index (χ0v) is 13.9.